The lowest BCUT2D eigenvalue weighted by Gasteiger charge is -2.32. The average Bonchev–Trinajstić information content (AvgIpc) is 2.68. The molecular formula is C24H34N4O2+2. The van der Waals surface area contributed by atoms with E-state index in [4.69, 9.17) is 0 Å². The van der Waals surface area contributed by atoms with E-state index in [1.165, 1.54) is 16.0 Å². The Bertz CT molecular complexity index is 875. The molecule has 3 rings (SSSR count). The molecule has 30 heavy (non-hydrogen) atoms. The van der Waals surface area contributed by atoms with Gasteiger partial charge >= 0.3 is 0 Å². The first-order valence-electron chi connectivity index (χ1n) is 10.7. The molecule has 0 radical (unpaired) electrons. The monoisotopic (exact) mass is 410 g/mol. The van der Waals surface area contributed by atoms with E-state index in [0.717, 1.165) is 48.9 Å². The molecule has 0 aliphatic carbocycles. The maximum Gasteiger partial charge on any atom is 0.279 e. The smallest absolute Gasteiger partial charge is 0.279 e. The summed E-state index contributed by atoms with van der Waals surface area (Å²) in [5, 5.41) is 2.91. The van der Waals surface area contributed by atoms with Crippen molar-refractivity contribution in [3.8, 4) is 0 Å². The van der Waals surface area contributed by atoms with Crippen molar-refractivity contribution in [2.45, 2.75) is 20.4 Å². The molecule has 1 unspecified atom stereocenters. The molecular weight excluding hydrogens is 376 g/mol. The number of nitrogens with zero attached hydrogens (tertiary/aromatic N) is 1. The number of hydrogen-bond acceptors (Lipinski definition) is 2. The van der Waals surface area contributed by atoms with Crippen LogP contribution in [0.25, 0.3) is 0 Å². The van der Waals surface area contributed by atoms with Gasteiger partial charge in [-0.1, -0.05) is 42.0 Å². The second kappa shape index (κ2) is 10.4. The number of likely N-dealkylation sites (N-methyl/N-ethyl adjacent to an activating group) is 1. The second-order valence-corrected chi connectivity index (χ2v) is 8.52. The van der Waals surface area contributed by atoms with Crippen LogP contribution in [-0.2, 0) is 16.1 Å². The average molecular weight is 411 g/mol. The summed E-state index contributed by atoms with van der Waals surface area (Å²) in [4.78, 5) is 29.3. The molecule has 6 nitrogen and oxygen atoms in total. The van der Waals surface area contributed by atoms with Crippen molar-refractivity contribution in [3.05, 3.63) is 65.2 Å². The van der Waals surface area contributed by atoms with Crippen LogP contribution in [0.5, 0.6) is 0 Å². The fraction of sp³-hybridized carbons (Fsp3) is 0.417. The molecule has 0 saturated carbocycles. The van der Waals surface area contributed by atoms with Crippen LogP contribution in [0.4, 0.5) is 5.69 Å². The highest BCUT2D eigenvalue weighted by Crippen LogP contribution is 2.08. The van der Waals surface area contributed by atoms with Crippen LogP contribution in [0.15, 0.2) is 48.5 Å². The first-order valence-corrected chi connectivity index (χ1v) is 10.7. The third-order valence-electron chi connectivity index (χ3n) is 5.58. The van der Waals surface area contributed by atoms with Crippen LogP contribution in [-0.4, -0.2) is 63.0 Å². The Balaban J connectivity index is 1.40. The van der Waals surface area contributed by atoms with Gasteiger partial charge in [0.25, 0.3) is 11.8 Å². The summed E-state index contributed by atoms with van der Waals surface area (Å²) in [5.74, 6) is 0.0591. The standard InChI is InChI=1S/C24H32N4O2/c1-19-6-4-8-21(14-19)16-27-10-12-28(13-11-27)24(30)18-26(3)17-23(29)25-22-9-5-7-20(2)15-22/h4-9,14-15H,10-13,16-18H2,1-3H3,(H,25,29)/p+2. The maximum absolute atomic E-state index is 12.7. The molecule has 160 valence electrons. The van der Waals surface area contributed by atoms with E-state index in [1.54, 1.807) is 0 Å². The van der Waals surface area contributed by atoms with Crippen LogP contribution in [0.1, 0.15) is 16.7 Å². The third kappa shape index (κ3) is 6.68. The van der Waals surface area contributed by atoms with E-state index in [-0.39, 0.29) is 18.4 Å². The topological polar surface area (TPSA) is 58.3 Å². The molecule has 1 atom stereocenters. The SMILES string of the molecule is Cc1cccc(C[NH+]2CCN(C(=O)C[NH+](C)CC(=O)Nc3cccc(C)c3)CC2)c1. The van der Waals surface area contributed by atoms with Crippen LogP contribution < -0.4 is 15.1 Å². The summed E-state index contributed by atoms with van der Waals surface area (Å²) in [5.41, 5.74) is 4.55. The quantitative estimate of drug-likeness (QED) is 0.586. The Kier molecular flexibility index (Phi) is 7.60. The molecule has 1 aliphatic rings. The van der Waals surface area contributed by atoms with Gasteiger partial charge in [-0.15, -0.1) is 0 Å². The molecule has 2 aromatic rings. The minimum Gasteiger partial charge on any atom is -0.328 e. The minimum absolute atomic E-state index is 0.0710. The number of carbonyl (C=O) groups excluding carboxylic acids is 2. The van der Waals surface area contributed by atoms with Gasteiger partial charge in [-0.05, 0) is 31.5 Å². The summed E-state index contributed by atoms with van der Waals surface area (Å²) in [7, 11) is 1.90. The second-order valence-electron chi connectivity index (χ2n) is 8.52. The number of rotatable bonds is 7. The van der Waals surface area contributed by atoms with Gasteiger partial charge in [0.15, 0.2) is 13.1 Å². The highest BCUT2D eigenvalue weighted by atomic mass is 16.2. The molecule has 2 aromatic carbocycles. The fourth-order valence-corrected chi connectivity index (χ4v) is 3.99. The van der Waals surface area contributed by atoms with Gasteiger partial charge in [-0.3, -0.25) is 9.59 Å². The van der Waals surface area contributed by atoms with Crippen LogP contribution in [0.2, 0.25) is 0 Å². The normalized spacial score (nSPS) is 15.6. The zero-order valence-electron chi connectivity index (χ0n) is 18.3. The number of piperazine rings is 1. The summed E-state index contributed by atoms with van der Waals surface area (Å²) in [6, 6.07) is 16.4. The van der Waals surface area contributed by atoms with E-state index in [9.17, 15) is 9.59 Å². The largest absolute Gasteiger partial charge is 0.328 e. The summed E-state index contributed by atoms with van der Waals surface area (Å²) in [6.07, 6.45) is 0. The van der Waals surface area contributed by atoms with Gasteiger partial charge in [-0.25, -0.2) is 0 Å². The summed E-state index contributed by atoms with van der Waals surface area (Å²) >= 11 is 0. The van der Waals surface area contributed by atoms with Gasteiger partial charge in [0, 0.05) is 11.3 Å². The molecule has 1 heterocycles. The highest BCUT2D eigenvalue weighted by Gasteiger charge is 2.26. The number of benzene rings is 2. The summed E-state index contributed by atoms with van der Waals surface area (Å²) < 4.78 is 0. The Hall–Kier alpha value is -2.70. The predicted molar refractivity (Wildman–Crippen MR) is 119 cm³/mol. The molecule has 2 amide bonds. The minimum atomic E-state index is -0.0710. The van der Waals surface area contributed by atoms with Crippen molar-refractivity contribution in [2.24, 2.45) is 0 Å². The number of hydrogen-bond donors (Lipinski definition) is 3. The Morgan fingerprint density at radius 1 is 1.00 bits per heavy atom. The van der Waals surface area contributed by atoms with Crippen molar-refractivity contribution < 1.29 is 19.4 Å². The molecule has 1 aliphatic heterocycles. The van der Waals surface area contributed by atoms with Crippen LogP contribution >= 0.6 is 0 Å². The van der Waals surface area contributed by atoms with Gasteiger partial charge < -0.3 is 20.0 Å². The number of nitrogens with one attached hydrogen (secondary N) is 3. The van der Waals surface area contributed by atoms with Gasteiger partial charge in [0.1, 0.15) is 6.54 Å². The van der Waals surface area contributed by atoms with E-state index >= 15 is 0 Å². The lowest BCUT2D eigenvalue weighted by atomic mass is 10.1. The molecule has 3 N–H and O–H groups in total. The molecule has 1 fully saturated rings. The van der Waals surface area contributed by atoms with E-state index in [1.807, 2.05) is 43.1 Å². The fourth-order valence-electron chi connectivity index (χ4n) is 3.99. The molecule has 0 bridgehead atoms. The lowest BCUT2D eigenvalue weighted by molar-refractivity contribution is -0.917. The number of anilines is 1. The zero-order chi connectivity index (χ0) is 21.5. The van der Waals surface area contributed by atoms with Crippen molar-refractivity contribution in [2.75, 3.05) is 51.6 Å². The van der Waals surface area contributed by atoms with Gasteiger partial charge in [-0.2, -0.15) is 0 Å². The first-order chi connectivity index (χ1) is 14.4. The number of quaternary nitrogens is 2. The van der Waals surface area contributed by atoms with E-state index in [2.05, 4.69) is 36.5 Å². The molecule has 0 spiro atoms. The van der Waals surface area contributed by atoms with Crippen LogP contribution in [0.3, 0.4) is 0 Å². The Labute approximate surface area is 179 Å². The van der Waals surface area contributed by atoms with Crippen molar-refractivity contribution in [1.82, 2.24) is 4.90 Å². The van der Waals surface area contributed by atoms with E-state index in [0.29, 0.717) is 6.54 Å². The predicted octanol–water partition coefficient (Wildman–Crippen LogP) is -0.316. The third-order valence-corrected chi connectivity index (χ3v) is 5.58. The van der Waals surface area contributed by atoms with Gasteiger partial charge in [0.05, 0.1) is 33.2 Å². The number of amides is 2. The summed E-state index contributed by atoms with van der Waals surface area (Å²) in [6.45, 7) is 9.23. The lowest BCUT2D eigenvalue weighted by Crippen LogP contribution is -3.14. The zero-order valence-corrected chi connectivity index (χ0v) is 18.3. The molecule has 1 saturated heterocycles. The Morgan fingerprint density at radius 3 is 2.33 bits per heavy atom. The van der Waals surface area contributed by atoms with Crippen molar-refractivity contribution in [1.29, 1.82) is 0 Å². The first kappa shape index (κ1) is 22.0. The van der Waals surface area contributed by atoms with Crippen LogP contribution in [0, 0.1) is 13.8 Å². The maximum atomic E-state index is 12.7. The van der Waals surface area contributed by atoms with E-state index < -0.39 is 0 Å². The Morgan fingerprint density at radius 2 is 1.67 bits per heavy atom. The number of carbonyl (C=O) groups is 2. The molecule has 6 heteroatoms. The van der Waals surface area contributed by atoms with Crippen molar-refractivity contribution in [3.63, 3.8) is 0 Å². The van der Waals surface area contributed by atoms with Gasteiger partial charge in [0.2, 0.25) is 0 Å². The van der Waals surface area contributed by atoms with Crippen molar-refractivity contribution >= 4 is 17.5 Å². The highest BCUT2D eigenvalue weighted by molar-refractivity contribution is 5.91. The molecule has 0 aromatic heterocycles. The number of aryl methyl sites for hydroxylation is 2.